The van der Waals surface area contributed by atoms with Crippen molar-refractivity contribution in [2.75, 3.05) is 6.54 Å². The summed E-state index contributed by atoms with van der Waals surface area (Å²) >= 11 is 0. The third-order valence-corrected chi connectivity index (χ3v) is 2.32. The van der Waals surface area contributed by atoms with Crippen LogP contribution < -0.4 is 10.9 Å². The molecule has 1 aromatic heterocycles. The highest BCUT2D eigenvalue weighted by atomic mass is 16.4. The Kier molecular flexibility index (Phi) is 2.43. The second-order valence-corrected chi connectivity index (χ2v) is 3.20. The van der Waals surface area contributed by atoms with Gasteiger partial charge >= 0.3 is 5.97 Å². The van der Waals surface area contributed by atoms with E-state index in [9.17, 15) is 4.79 Å². The van der Waals surface area contributed by atoms with E-state index in [0.717, 1.165) is 5.69 Å². The Morgan fingerprint density at radius 1 is 1.57 bits per heavy atom. The molecule has 3 N–H and O–H groups in total. The highest BCUT2D eigenvalue weighted by Gasteiger charge is 2.34. The van der Waals surface area contributed by atoms with E-state index in [1.807, 2.05) is 18.2 Å². The summed E-state index contributed by atoms with van der Waals surface area (Å²) in [6.45, 7) is 0.591. The van der Waals surface area contributed by atoms with Gasteiger partial charge in [0, 0.05) is 24.4 Å². The first-order valence-electron chi connectivity index (χ1n) is 4.41. The van der Waals surface area contributed by atoms with Gasteiger partial charge in [-0.1, -0.05) is 6.07 Å². The topological polar surface area (TPSA) is 74.2 Å². The molecule has 0 aliphatic carbocycles. The number of aliphatic carboxylic acids is 1. The molecule has 0 saturated carbocycles. The minimum atomic E-state index is -0.856. The maximum atomic E-state index is 10.9. The number of carboxylic acids is 1. The standard InChI is InChI=1S/C9H11N3O2/c13-9(14)8-6(5-11-12-8)7-3-1-2-4-10-7/h1-4,6,8,11-12H,5H2,(H,13,14). The van der Waals surface area contributed by atoms with Gasteiger partial charge in [-0.25, -0.2) is 5.43 Å². The summed E-state index contributed by atoms with van der Waals surface area (Å²) in [5.74, 6) is -0.959. The quantitative estimate of drug-likeness (QED) is 0.602. The molecule has 14 heavy (non-hydrogen) atoms. The minimum absolute atomic E-state index is 0.103. The van der Waals surface area contributed by atoms with Gasteiger partial charge in [-0.2, -0.15) is 0 Å². The number of carboxylic acid groups (broad SMARTS) is 1. The molecule has 0 radical (unpaired) electrons. The highest BCUT2D eigenvalue weighted by Crippen LogP contribution is 2.19. The first-order valence-corrected chi connectivity index (χ1v) is 4.41. The lowest BCUT2D eigenvalue weighted by Gasteiger charge is -2.12. The molecule has 2 heterocycles. The molecule has 2 atom stereocenters. The first-order chi connectivity index (χ1) is 6.79. The van der Waals surface area contributed by atoms with Crippen LogP contribution in [0.1, 0.15) is 11.6 Å². The molecular formula is C9H11N3O2. The van der Waals surface area contributed by atoms with Crippen molar-refractivity contribution in [2.45, 2.75) is 12.0 Å². The molecule has 1 aromatic rings. The summed E-state index contributed by atoms with van der Waals surface area (Å²) in [6, 6.07) is 4.93. The number of hydrazine groups is 1. The summed E-state index contributed by atoms with van der Waals surface area (Å²) in [7, 11) is 0. The molecule has 5 heteroatoms. The van der Waals surface area contributed by atoms with Crippen LogP contribution in [0.25, 0.3) is 0 Å². The zero-order valence-electron chi connectivity index (χ0n) is 7.47. The Hall–Kier alpha value is -1.46. The molecule has 0 amide bonds. The van der Waals surface area contributed by atoms with E-state index in [-0.39, 0.29) is 5.92 Å². The van der Waals surface area contributed by atoms with E-state index in [4.69, 9.17) is 5.11 Å². The van der Waals surface area contributed by atoms with Crippen LogP contribution in [0.15, 0.2) is 24.4 Å². The lowest BCUT2D eigenvalue weighted by atomic mass is 9.98. The molecule has 74 valence electrons. The molecule has 0 aromatic carbocycles. The molecule has 2 rings (SSSR count). The van der Waals surface area contributed by atoms with E-state index >= 15 is 0 Å². The molecule has 5 nitrogen and oxygen atoms in total. The molecule has 0 spiro atoms. The van der Waals surface area contributed by atoms with Gasteiger partial charge in [-0.3, -0.25) is 15.2 Å². The van der Waals surface area contributed by atoms with Crippen molar-refractivity contribution in [1.29, 1.82) is 0 Å². The van der Waals surface area contributed by atoms with E-state index in [1.54, 1.807) is 6.20 Å². The Labute approximate surface area is 81.1 Å². The maximum absolute atomic E-state index is 10.9. The number of rotatable bonds is 2. The number of pyridine rings is 1. The highest BCUT2D eigenvalue weighted by molar-refractivity contribution is 5.75. The second-order valence-electron chi connectivity index (χ2n) is 3.20. The molecule has 0 bridgehead atoms. The van der Waals surface area contributed by atoms with E-state index in [0.29, 0.717) is 6.54 Å². The number of nitrogens with zero attached hydrogens (tertiary/aromatic N) is 1. The monoisotopic (exact) mass is 193 g/mol. The van der Waals surface area contributed by atoms with Crippen LogP contribution in [0.2, 0.25) is 0 Å². The average molecular weight is 193 g/mol. The van der Waals surface area contributed by atoms with E-state index in [1.165, 1.54) is 0 Å². The summed E-state index contributed by atoms with van der Waals surface area (Å²) < 4.78 is 0. The maximum Gasteiger partial charge on any atom is 0.322 e. The Balaban J connectivity index is 2.22. The molecule has 2 unspecified atom stereocenters. The van der Waals surface area contributed by atoms with Crippen LogP contribution in [-0.2, 0) is 4.79 Å². The predicted molar refractivity (Wildman–Crippen MR) is 49.5 cm³/mol. The largest absolute Gasteiger partial charge is 0.480 e. The van der Waals surface area contributed by atoms with Crippen LogP contribution in [0.3, 0.4) is 0 Å². The molecular weight excluding hydrogens is 182 g/mol. The van der Waals surface area contributed by atoms with Gasteiger partial charge in [0.25, 0.3) is 0 Å². The van der Waals surface area contributed by atoms with Crippen LogP contribution in [0.5, 0.6) is 0 Å². The fourth-order valence-corrected chi connectivity index (χ4v) is 1.60. The summed E-state index contributed by atoms with van der Waals surface area (Å²) in [5.41, 5.74) is 6.35. The van der Waals surface area contributed by atoms with Gasteiger partial charge in [-0.15, -0.1) is 0 Å². The van der Waals surface area contributed by atoms with Gasteiger partial charge in [0.1, 0.15) is 6.04 Å². The van der Waals surface area contributed by atoms with Crippen LogP contribution >= 0.6 is 0 Å². The van der Waals surface area contributed by atoms with Crippen LogP contribution in [0.4, 0.5) is 0 Å². The normalized spacial score (nSPS) is 26.3. The van der Waals surface area contributed by atoms with Gasteiger partial charge in [0.15, 0.2) is 0 Å². The molecule has 1 fully saturated rings. The second kappa shape index (κ2) is 3.73. The van der Waals surface area contributed by atoms with Gasteiger partial charge < -0.3 is 5.11 Å². The Bertz CT molecular complexity index is 328. The lowest BCUT2D eigenvalue weighted by Crippen LogP contribution is -2.38. The minimum Gasteiger partial charge on any atom is -0.480 e. The van der Waals surface area contributed by atoms with Crippen molar-refractivity contribution in [3.8, 4) is 0 Å². The van der Waals surface area contributed by atoms with Crippen molar-refractivity contribution in [3.05, 3.63) is 30.1 Å². The first kappa shape index (κ1) is 9.11. The van der Waals surface area contributed by atoms with Crippen molar-refractivity contribution >= 4 is 5.97 Å². The Morgan fingerprint density at radius 2 is 2.43 bits per heavy atom. The zero-order chi connectivity index (χ0) is 9.97. The molecule has 1 saturated heterocycles. The van der Waals surface area contributed by atoms with Crippen molar-refractivity contribution < 1.29 is 9.90 Å². The van der Waals surface area contributed by atoms with E-state index in [2.05, 4.69) is 15.8 Å². The summed E-state index contributed by atoms with van der Waals surface area (Å²) in [6.07, 6.45) is 1.67. The van der Waals surface area contributed by atoms with Gasteiger partial charge in [0.2, 0.25) is 0 Å². The number of aromatic nitrogens is 1. The SMILES string of the molecule is O=C(O)C1NNCC1c1ccccn1. The molecule has 1 aliphatic rings. The van der Waals surface area contributed by atoms with Crippen LogP contribution in [-0.4, -0.2) is 28.6 Å². The third kappa shape index (κ3) is 1.59. The summed E-state index contributed by atoms with van der Waals surface area (Å²) in [4.78, 5) is 15.0. The average Bonchev–Trinajstić information content (AvgIpc) is 2.67. The molecule has 1 aliphatic heterocycles. The fraction of sp³-hybridized carbons (Fsp3) is 0.333. The third-order valence-electron chi connectivity index (χ3n) is 2.32. The zero-order valence-corrected chi connectivity index (χ0v) is 7.47. The van der Waals surface area contributed by atoms with Crippen LogP contribution in [0, 0.1) is 0 Å². The van der Waals surface area contributed by atoms with E-state index < -0.39 is 12.0 Å². The van der Waals surface area contributed by atoms with Crippen molar-refractivity contribution in [1.82, 2.24) is 15.8 Å². The lowest BCUT2D eigenvalue weighted by molar-refractivity contribution is -0.139. The van der Waals surface area contributed by atoms with Gasteiger partial charge in [0.05, 0.1) is 0 Å². The number of hydrogen-bond acceptors (Lipinski definition) is 4. The number of hydrogen-bond donors (Lipinski definition) is 3. The number of nitrogens with one attached hydrogen (secondary N) is 2. The summed E-state index contributed by atoms with van der Waals surface area (Å²) in [5, 5.41) is 8.91. The fourth-order valence-electron chi connectivity index (χ4n) is 1.60. The van der Waals surface area contributed by atoms with Crippen molar-refractivity contribution in [2.24, 2.45) is 0 Å². The Morgan fingerprint density at radius 3 is 3.07 bits per heavy atom. The van der Waals surface area contributed by atoms with Gasteiger partial charge in [-0.05, 0) is 12.1 Å². The predicted octanol–water partition coefficient (Wildman–Crippen LogP) is -0.274. The number of carbonyl (C=O) groups is 1. The van der Waals surface area contributed by atoms with Crippen molar-refractivity contribution in [3.63, 3.8) is 0 Å². The smallest absolute Gasteiger partial charge is 0.322 e.